The van der Waals surface area contributed by atoms with E-state index in [4.69, 9.17) is 11.6 Å². The lowest BCUT2D eigenvalue weighted by atomic mass is 10.2. The van der Waals surface area contributed by atoms with Gasteiger partial charge in [-0.3, -0.25) is 14.2 Å². The number of hydrogen-bond acceptors (Lipinski definition) is 4. The van der Waals surface area contributed by atoms with Crippen molar-refractivity contribution in [2.75, 3.05) is 5.32 Å². The van der Waals surface area contributed by atoms with Crippen molar-refractivity contribution in [1.82, 2.24) is 9.13 Å². The topological polar surface area (TPSA) is 96.9 Å². The van der Waals surface area contributed by atoms with Crippen LogP contribution in [0.1, 0.15) is 5.56 Å². The maximum Gasteiger partial charge on any atom is 0.330 e. The molecular formula is C16H12ClFN4O3. The van der Waals surface area contributed by atoms with Crippen molar-refractivity contribution in [2.24, 2.45) is 14.1 Å². The molecule has 1 amide bonds. The normalized spacial score (nSPS) is 11.1. The number of nitrogens with zero attached hydrogens (tertiary/aromatic N) is 3. The molecule has 0 aliphatic carbocycles. The molecule has 2 aromatic rings. The average molecular weight is 363 g/mol. The molecule has 0 atom stereocenters. The Kier molecular flexibility index (Phi) is 5.20. The fourth-order valence-corrected chi connectivity index (χ4v) is 2.19. The second-order valence-corrected chi connectivity index (χ2v) is 5.50. The van der Waals surface area contributed by atoms with Crippen LogP contribution in [0.4, 0.5) is 10.1 Å². The number of amides is 1. The molecule has 2 rings (SSSR count). The molecule has 128 valence electrons. The smallest absolute Gasteiger partial charge is 0.321 e. The molecule has 0 unspecified atom stereocenters. The van der Waals surface area contributed by atoms with Crippen LogP contribution in [0, 0.1) is 17.1 Å². The fourth-order valence-electron chi connectivity index (χ4n) is 2.01. The van der Waals surface area contributed by atoms with Crippen LogP contribution in [0.2, 0.25) is 5.02 Å². The first-order valence-corrected chi connectivity index (χ1v) is 7.27. The molecule has 0 bridgehead atoms. The van der Waals surface area contributed by atoms with Gasteiger partial charge in [0, 0.05) is 26.0 Å². The zero-order valence-corrected chi connectivity index (χ0v) is 14.0. The Balaban J connectivity index is 2.39. The van der Waals surface area contributed by atoms with Crippen LogP contribution in [0.15, 0.2) is 39.6 Å². The lowest BCUT2D eigenvalue weighted by Gasteiger charge is -2.06. The summed E-state index contributed by atoms with van der Waals surface area (Å²) < 4.78 is 15.1. The molecule has 7 nitrogen and oxygen atoms in total. The van der Waals surface area contributed by atoms with Crippen LogP contribution in [-0.2, 0) is 18.9 Å². The van der Waals surface area contributed by atoms with Crippen LogP contribution in [0.5, 0.6) is 0 Å². The van der Waals surface area contributed by atoms with Crippen molar-refractivity contribution in [3.05, 3.63) is 67.2 Å². The summed E-state index contributed by atoms with van der Waals surface area (Å²) in [5, 5.41) is 11.4. The van der Waals surface area contributed by atoms with Gasteiger partial charge in [-0.15, -0.1) is 0 Å². The Hall–Kier alpha value is -3.18. The minimum Gasteiger partial charge on any atom is -0.321 e. The van der Waals surface area contributed by atoms with Crippen LogP contribution in [0.3, 0.4) is 0 Å². The zero-order chi connectivity index (χ0) is 18.7. The molecule has 9 heteroatoms. The highest BCUT2D eigenvalue weighted by Crippen LogP contribution is 2.19. The van der Waals surface area contributed by atoms with Gasteiger partial charge >= 0.3 is 5.69 Å². The Labute approximate surface area is 146 Å². The molecule has 0 saturated heterocycles. The highest BCUT2D eigenvalue weighted by molar-refractivity contribution is 6.31. The predicted octanol–water partition coefficient (Wildman–Crippen LogP) is 1.42. The molecule has 0 spiro atoms. The van der Waals surface area contributed by atoms with E-state index < -0.39 is 23.0 Å². The number of nitriles is 1. The first kappa shape index (κ1) is 18.2. The van der Waals surface area contributed by atoms with Crippen molar-refractivity contribution in [3.63, 3.8) is 0 Å². The van der Waals surface area contributed by atoms with E-state index in [0.29, 0.717) is 0 Å². The zero-order valence-electron chi connectivity index (χ0n) is 13.2. The van der Waals surface area contributed by atoms with Crippen molar-refractivity contribution in [2.45, 2.75) is 0 Å². The second kappa shape index (κ2) is 7.15. The van der Waals surface area contributed by atoms with Crippen LogP contribution < -0.4 is 16.6 Å². The van der Waals surface area contributed by atoms with Gasteiger partial charge in [0.25, 0.3) is 11.5 Å². The highest BCUT2D eigenvalue weighted by Gasteiger charge is 2.13. The number of aromatic nitrogens is 2. The number of rotatable bonds is 3. The molecule has 25 heavy (non-hydrogen) atoms. The molecule has 0 fully saturated rings. The first-order chi connectivity index (χ1) is 11.7. The Morgan fingerprint density at radius 1 is 1.36 bits per heavy atom. The van der Waals surface area contributed by atoms with E-state index in [0.717, 1.165) is 21.3 Å². The summed E-state index contributed by atoms with van der Waals surface area (Å²) in [5.74, 6) is -1.45. The maximum atomic E-state index is 13.1. The van der Waals surface area contributed by atoms with Gasteiger partial charge in [-0.2, -0.15) is 5.26 Å². The van der Waals surface area contributed by atoms with E-state index in [-0.39, 0.29) is 21.8 Å². The highest BCUT2D eigenvalue weighted by atomic mass is 35.5. The summed E-state index contributed by atoms with van der Waals surface area (Å²) in [7, 11) is 2.72. The molecule has 0 radical (unpaired) electrons. The Morgan fingerprint density at radius 2 is 2.04 bits per heavy atom. The van der Waals surface area contributed by atoms with Gasteiger partial charge in [-0.05, 0) is 24.3 Å². The monoisotopic (exact) mass is 362 g/mol. The third-order valence-electron chi connectivity index (χ3n) is 3.32. The quantitative estimate of drug-likeness (QED) is 0.659. The second-order valence-electron chi connectivity index (χ2n) is 5.09. The van der Waals surface area contributed by atoms with Gasteiger partial charge in [0.15, 0.2) is 0 Å². The number of carbonyl (C=O) groups is 1. The predicted molar refractivity (Wildman–Crippen MR) is 90.6 cm³/mol. The summed E-state index contributed by atoms with van der Waals surface area (Å²) in [6.45, 7) is 0. The van der Waals surface area contributed by atoms with E-state index >= 15 is 0 Å². The molecule has 1 aromatic carbocycles. The van der Waals surface area contributed by atoms with Gasteiger partial charge < -0.3 is 9.88 Å². The van der Waals surface area contributed by atoms with Gasteiger partial charge in [0.1, 0.15) is 17.5 Å². The molecule has 1 heterocycles. The minimum absolute atomic E-state index is 0.00608. The number of benzene rings is 1. The summed E-state index contributed by atoms with van der Waals surface area (Å²) in [5.41, 5.74) is -1.37. The standard InChI is InChI=1S/C16H12ClFN4O3/c1-21-8-10(15(24)22(2)16(21)25)5-9(7-19)14(23)20-11-3-4-13(18)12(17)6-11/h3-6,8H,1-2H3,(H,20,23)/b9-5+. The number of nitrogens with one attached hydrogen (secondary N) is 1. The van der Waals surface area contributed by atoms with E-state index in [2.05, 4.69) is 5.32 Å². The van der Waals surface area contributed by atoms with Crippen LogP contribution in [-0.4, -0.2) is 15.0 Å². The SMILES string of the molecule is Cn1cc(/C=C(\C#N)C(=O)Nc2ccc(F)c(Cl)c2)c(=O)n(C)c1=O. The lowest BCUT2D eigenvalue weighted by Crippen LogP contribution is -2.37. The van der Waals surface area contributed by atoms with Crippen molar-refractivity contribution in [1.29, 1.82) is 5.26 Å². The van der Waals surface area contributed by atoms with E-state index in [1.54, 1.807) is 6.07 Å². The maximum absolute atomic E-state index is 13.1. The number of anilines is 1. The van der Waals surface area contributed by atoms with Crippen molar-refractivity contribution in [3.8, 4) is 6.07 Å². The molecule has 0 aliphatic heterocycles. The number of carbonyl (C=O) groups excluding carboxylic acids is 1. The van der Waals surface area contributed by atoms with Crippen molar-refractivity contribution >= 4 is 29.3 Å². The molecule has 1 aromatic heterocycles. The third kappa shape index (κ3) is 3.84. The minimum atomic E-state index is -0.805. The molecule has 0 aliphatic rings. The Bertz CT molecular complexity index is 1050. The lowest BCUT2D eigenvalue weighted by molar-refractivity contribution is -0.112. The van der Waals surface area contributed by atoms with Gasteiger partial charge in [0.05, 0.1) is 10.6 Å². The molecule has 1 N–H and O–H groups in total. The summed E-state index contributed by atoms with van der Waals surface area (Å²) >= 11 is 5.63. The van der Waals surface area contributed by atoms with Crippen molar-refractivity contribution < 1.29 is 9.18 Å². The average Bonchev–Trinajstić information content (AvgIpc) is 2.58. The fraction of sp³-hybridized carbons (Fsp3) is 0.125. The summed E-state index contributed by atoms with van der Waals surface area (Å²) in [6.07, 6.45) is 2.30. The van der Waals surface area contributed by atoms with Gasteiger partial charge in [0.2, 0.25) is 0 Å². The number of hydrogen-bond donors (Lipinski definition) is 1. The molecular weight excluding hydrogens is 351 g/mol. The van der Waals surface area contributed by atoms with E-state index in [1.165, 1.54) is 32.4 Å². The Morgan fingerprint density at radius 3 is 2.64 bits per heavy atom. The van der Waals surface area contributed by atoms with Gasteiger partial charge in [-0.1, -0.05) is 11.6 Å². The summed E-state index contributed by atoms with van der Waals surface area (Å²) in [4.78, 5) is 35.9. The summed E-state index contributed by atoms with van der Waals surface area (Å²) in [6, 6.07) is 5.22. The van der Waals surface area contributed by atoms with Crippen LogP contribution >= 0.6 is 11.6 Å². The van der Waals surface area contributed by atoms with Crippen LogP contribution in [0.25, 0.3) is 6.08 Å². The van der Waals surface area contributed by atoms with E-state index in [9.17, 15) is 24.0 Å². The number of halogens is 2. The first-order valence-electron chi connectivity index (χ1n) is 6.89. The van der Waals surface area contributed by atoms with E-state index in [1.807, 2.05) is 0 Å². The van der Waals surface area contributed by atoms with Gasteiger partial charge in [-0.25, -0.2) is 9.18 Å². The number of aryl methyl sites for hydroxylation is 1. The third-order valence-corrected chi connectivity index (χ3v) is 3.61. The molecule has 0 saturated carbocycles. The largest absolute Gasteiger partial charge is 0.330 e.